The smallest absolute Gasteiger partial charge is 0.334 e. The van der Waals surface area contributed by atoms with Crippen LogP contribution in [0.1, 0.15) is 131 Å². The summed E-state index contributed by atoms with van der Waals surface area (Å²) in [6, 6.07) is 0. The minimum Gasteiger partial charge on any atom is -0.450 e. The zero-order valence-corrected chi connectivity index (χ0v) is 31.2. The van der Waals surface area contributed by atoms with E-state index in [4.69, 9.17) is 23.9 Å². The predicted octanol–water partition coefficient (Wildman–Crippen LogP) is 7.83. The van der Waals surface area contributed by atoms with Gasteiger partial charge in [-0.2, -0.15) is 0 Å². The third-order valence-corrected chi connectivity index (χ3v) is 13.6. The molecule has 4 bridgehead atoms. The van der Waals surface area contributed by atoms with Crippen molar-refractivity contribution in [3.8, 4) is 0 Å². The van der Waals surface area contributed by atoms with Crippen LogP contribution < -0.4 is 0 Å². The number of nitrogens with zero attached hydrogens (tertiary/aromatic N) is 1. The van der Waals surface area contributed by atoms with Crippen LogP contribution in [0.4, 0.5) is 0 Å². The summed E-state index contributed by atoms with van der Waals surface area (Å²) >= 11 is 0. The maximum absolute atomic E-state index is 12.5. The first kappa shape index (κ1) is 36.3. The molecular formula is C42H61NO7. The maximum Gasteiger partial charge on any atom is 0.334 e. The summed E-state index contributed by atoms with van der Waals surface area (Å²) in [4.78, 5) is 18.0. The topological polar surface area (TPSA) is 107 Å². The molecule has 2 N–H and O–H groups in total. The van der Waals surface area contributed by atoms with E-state index in [-0.39, 0.29) is 42.0 Å². The number of aliphatic hydroxyl groups excluding tert-OH is 2. The number of allylic oxidation sites excluding steroid dienone is 3. The van der Waals surface area contributed by atoms with E-state index in [0.29, 0.717) is 43.1 Å². The summed E-state index contributed by atoms with van der Waals surface area (Å²) in [6.07, 6.45) is 14.3. The van der Waals surface area contributed by atoms with E-state index in [1.165, 1.54) is 22.4 Å². The van der Waals surface area contributed by atoms with Gasteiger partial charge >= 0.3 is 5.97 Å². The van der Waals surface area contributed by atoms with E-state index in [9.17, 15) is 15.0 Å². The van der Waals surface area contributed by atoms with Gasteiger partial charge in [-0.25, -0.2) is 4.79 Å². The molecule has 7 rings (SSSR count). The molecule has 8 heteroatoms. The first-order valence-electron chi connectivity index (χ1n) is 19.7. The fourth-order valence-corrected chi connectivity index (χ4v) is 10.5. The quantitative estimate of drug-likeness (QED) is 0.213. The highest BCUT2D eigenvalue weighted by molar-refractivity contribution is 5.92. The summed E-state index contributed by atoms with van der Waals surface area (Å²) in [5.74, 6) is -1.21. The number of hydrogen-bond donors (Lipinski definition) is 2. The Labute approximate surface area is 299 Å². The van der Waals surface area contributed by atoms with Gasteiger partial charge in [0, 0.05) is 48.4 Å². The van der Waals surface area contributed by atoms with Crippen LogP contribution in [0.2, 0.25) is 0 Å². The monoisotopic (exact) mass is 691 g/mol. The molecule has 11 unspecified atom stereocenters. The largest absolute Gasteiger partial charge is 0.450 e. The van der Waals surface area contributed by atoms with Crippen LogP contribution in [0.5, 0.6) is 0 Å². The van der Waals surface area contributed by atoms with Crippen molar-refractivity contribution in [2.24, 2.45) is 28.2 Å². The predicted molar refractivity (Wildman–Crippen MR) is 193 cm³/mol. The Bertz CT molecular complexity index is 1480. The van der Waals surface area contributed by atoms with Crippen molar-refractivity contribution in [1.82, 2.24) is 0 Å². The third kappa shape index (κ3) is 6.89. The summed E-state index contributed by atoms with van der Waals surface area (Å²) in [7, 11) is 0. The molecule has 8 nitrogen and oxygen atoms in total. The second-order valence-electron chi connectivity index (χ2n) is 17.3. The summed E-state index contributed by atoms with van der Waals surface area (Å²) in [5.41, 5.74) is 7.03. The average molecular weight is 692 g/mol. The Kier molecular flexibility index (Phi) is 10.2. The Hall–Kier alpha value is -2.10. The Morgan fingerprint density at radius 2 is 1.70 bits per heavy atom. The third-order valence-electron chi connectivity index (χ3n) is 13.6. The van der Waals surface area contributed by atoms with Gasteiger partial charge in [0.05, 0.1) is 18.3 Å². The first-order valence-corrected chi connectivity index (χ1v) is 19.7. The molecule has 0 amide bonds. The molecule has 0 aromatic heterocycles. The molecule has 3 fully saturated rings. The van der Waals surface area contributed by atoms with E-state index in [1.807, 2.05) is 13.0 Å². The first-order chi connectivity index (χ1) is 23.8. The second kappa shape index (κ2) is 14.0. The minimum absolute atomic E-state index is 0.00602. The van der Waals surface area contributed by atoms with Crippen LogP contribution in [-0.4, -0.2) is 70.5 Å². The van der Waals surface area contributed by atoms with Crippen LogP contribution in [-0.2, 0) is 23.7 Å². The molecule has 7 aliphatic rings. The summed E-state index contributed by atoms with van der Waals surface area (Å²) < 4.78 is 26.0. The number of aliphatic imine (C=N–C) groups is 1. The molecule has 0 aromatic rings. The number of ether oxygens (including phenoxy) is 4. The van der Waals surface area contributed by atoms with E-state index in [1.54, 1.807) is 0 Å². The highest BCUT2D eigenvalue weighted by Gasteiger charge is 2.59. The zero-order valence-electron chi connectivity index (χ0n) is 31.2. The molecule has 1 aliphatic carbocycles. The van der Waals surface area contributed by atoms with Gasteiger partial charge in [0.1, 0.15) is 12.2 Å². The lowest BCUT2D eigenvalue weighted by Gasteiger charge is -2.52. The van der Waals surface area contributed by atoms with Crippen molar-refractivity contribution in [2.45, 2.75) is 173 Å². The molecule has 0 aromatic carbocycles. The normalized spacial score (nSPS) is 45.8. The molecule has 50 heavy (non-hydrogen) atoms. The maximum atomic E-state index is 12.5. The molecule has 3 spiro atoms. The number of cyclic esters (lactones) is 1. The summed E-state index contributed by atoms with van der Waals surface area (Å²) in [5, 5.41) is 22.4. The number of aliphatic hydroxyl groups is 2. The van der Waals surface area contributed by atoms with Crippen LogP contribution >= 0.6 is 0 Å². The van der Waals surface area contributed by atoms with Crippen LogP contribution in [0, 0.1) is 23.2 Å². The van der Waals surface area contributed by atoms with E-state index in [2.05, 4.69) is 40.3 Å². The molecule has 11 atom stereocenters. The van der Waals surface area contributed by atoms with E-state index in [0.717, 1.165) is 76.3 Å². The van der Waals surface area contributed by atoms with Crippen molar-refractivity contribution < 1.29 is 34.0 Å². The van der Waals surface area contributed by atoms with Gasteiger partial charge in [-0.3, -0.25) is 4.99 Å². The minimum atomic E-state index is -1.26. The number of rotatable bonds is 1. The molecule has 6 heterocycles. The number of esters is 1. The van der Waals surface area contributed by atoms with Crippen molar-refractivity contribution >= 4 is 11.7 Å². The van der Waals surface area contributed by atoms with Gasteiger partial charge in [-0.1, -0.05) is 43.2 Å². The lowest BCUT2D eigenvalue weighted by atomic mass is 9.56. The molecule has 276 valence electrons. The fraction of sp³-hybridized carbons (Fsp3) is 0.762. The second-order valence-corrected chi connectivity index (χ2v) is 17.3. The number of carbonyl (C=O) groups is 1. The Morgan fingerprint density at radius 1 is 0.880 bits per heavy atom. The van der Waals surface area contributed by atoms with Crippen LogP contribution in [0.15, 0.2) is 51.6 Å². The van der Waals surface area contributed by atoms with Gasteiger partial charge in [0.25, 0.3) is 0 Å². The highest BCUT2D eigenvalue weighted by Crippen LogP contribution is 2.55. The van der Waals surface area contributed by atoms with Gasteiger partial charge in [-0.15, -0.1) is 0 Å². The van der Waals surface area contributed by atoms with Crippen molar-refractivity contribution in [1.29, 1.82) is 0 Å². The van der Waals surface area contributed by atoms with Gasteiger partial charge in [-0.05, 0) is 121 Å². The molecule has 6 aliphatic heterocycles. The fourth-order valence-electron chi connectivity index (χ4n) is 10.5. The van der Waals surface area contributed by atoms with Gasteiger partial charge in [0.2, 0.25) is 0 Å². The zero-order chi connectivity index (χ0) is 35.4. The average Bonchev–Trinajstić information content (AvgIpc) is 3.57. The highest BCUT2D eigenvalue weighted by atomic mass is 16.8. The molecule has 0 saturated carbocycles. The lowest BCUT2D eigenvalue weighted by molar-refractivity contribution is -0.425. The number of hydrogen-bond acceptors (Lipinski definition) is 8. The van der Waals surface area contributed by atoms with E-state index < -0.39 is 23.8 Å². The van der Waals surface area contributed by atoms with Crippen molar-refractivity contribution in [2.75, 3.05) is 6.54 Å². The molecular weight excluding hydrogens is 630 g/mol. The molecule has 3 saturated heterocycles. The molecule has 0 radical (unpaired) electrons. The lowest BCUT2D eigenvalue weighted by Crippen LogP contribution is -2.63. The van der Waals surface area contributed by atoms with Crippen molar-refractivity contribution in [3.63, 3.8) is 0 Å². The number of carbonyl (C=O) groups excluding carboxylic acids is 1. The Balaban J connectivity index is 1.25. The SMILES string of the molecule is C=C1CCCC2=NCC(C)C(C)CC23CCC(C2C=C(C)C(=O)O2)=C(C)C3/C=C(\C)CCC2CCC3(CC(O)CC4(OC(CCC4O)C1)O3)O2. The van der Waals surface area contributed by atoms with Crippen molar-refractivity contribution in [3.05, 3.63) is 46.6 Å². The van der Waals surface area contributed by atoms with E-state index >= 15 is 0 Å². The van der Waals surface area contributed by atoms with Gasteiger partial charge in [0.15, 0.2) is 11.6 Å². The summed E-state index contributed by atoms with van der Waals surface area (Å²) in [6.45, 7) is 16.5. The van der Waals surface area contributed by atoms with Crippen LogP contribution in [0.3, 0.4) is 0 Å². The standard InChI is InChI=1S/C42H61NO7/c1-25-8-7-9-37-40(21-28(4)29(5)24-43-37)16-15-34(36-20-27(3)39(46)47-36)30(6)35(40)19-26(2)10-11-32-14-17-41(48-32)22-31(44)23-42(50-41)38(45)13-12-33(18-25)49-42/h19-20,28-29,31-33,35-36,38,44-45H,1,7-18,21-24H2,2-6H3/b26-19+. The van der Waals surface area contributed by atoms with Crippen LogP contribution in [0.25, 0.3) is 0 Å². The Morgan fingerprint density at radius 3 is 2.48 bits per heavy atom. The van der Waals surface area contributed by atoms with Gasteiger partial charge < -0.3 is 29.2 Å². The number of fused-ring (bicyclic) bond motifs is 2.